The number of rotatable bonds is 4. The summed E-state index contributed by atoms with van der Waals surface area (Å²) in [4.78, 5) is 4.62. The summed E-state index contributed by atoms with van der Waals surface area (Å²) in [6, 6.07) is 0. The van der Waals surface area contributed by atoms with Gasteiger partial charge in [0.05, 0.1) is 0 Å². The summed E-state index contributed by atoms with van der Waals surface area (Å²) in [6.07, 6.45) is 2.01. The summed E-state index contributed by atoms with van der Waals surface area (Å²) in [6.45, 7) is 4.30. The highest BCUT2D eigenvalue weighted by atomic mass is 16.4. The van der Waals surface area contributed by atoms with Crippen molar-refractivity contribution in [1.82, 2.24) is 9.80 Å². The van der Waals surface area contributed by atoms with Crippen LogP contribution in [0, 0.1) is 5.92 Å². The van der Waals surface area contributed by atoms with Crippen LogP contribution >= 0.6 is 0 Å². The summed E-state index contributed by atoms with van der Waals surface area (Å²) in [5.74, 6) is 0.660. The van der Waals surface area contributed by atoms with Gasteiger partial charge in [-0.3, -0.25) is 0 Å². The monoisotopic (exact) mass is 214 g/mol. The lowest BCUT2D eigenvalue weighted by molar-refractivity contribution is 0.189. The predicted molar refractivity (Wildman–Crippen MR) is 61.1 cm³/mol. The zero-order valence-corrected chi connectivity index (χ0v) is 9.69. The minimum absolute atomic E-state index is 0.269. The standard InChI is InChI=1S/C10H22N4O/c1-13(2)7-8-14-5-3-9(4-6-14)10(11)12-15/h9,15H,3-8H2,1-2H3,(H2,11,12). The van der Waals surface area contributed by atoms with E-state index >= 15 is 0 Å². The van der Waals surface area contributed by atoms with Gasteiger partial charge in [0.15, 0.2) is 0 Å². The molecule has 0 saturated carbocycles. The van der Waals surface area contributed by atoms with Crippen LogP contribution in [0.15, 0.2) is 5.16 Å². The smallest absolute Gasteiger partial charge is 0.142 e. The van der Waals surface area contributed by atoms with Crippen LogP contribution in [0.1, 0.15) is 12.8 Å². The number of piperidine rings is 1. The van der Waals surface area contributed by atoms with E-state index in [9.17, 15) is 0 Å². The maximum Gasteiger partial charge on any atom is 0.142 e. The molecule has 1 fully saturated rings. The van der Waals surface area contributed by atoms with E-state index in [1.54, 1.807) is 0 Å². The average Bonchev–Trinajstić information content (AvgIpc) is 2.26. The molecule has 1 saturated heterocycles. The highest BCUT2D eigenvalue weighted by molar-refractivity contribution is 5.82. The molecule has 0 aromatic heterocycles. The van der Waals surface area contributed by atoms with Gasteiger partial charge in [0.25, 0.3) is 0 Å². The fourth-order valence-corrected chi connectivity index (χ4v) is 1.88. The van der Waals surface area contributed by atoms with Crippen LogP contribution in [0.25, 0.3) is 0 Å². The Morgan fingerprint density at radius 1 is 1.47 bits per heavy atom. The summed E-state index contributed by atoms with van der Waals surface area (Å²) >= 11 is 0. The van der Waals surface area contributed by atoms with E-state index in [2.05, 4.69) is 29.1 Å². The summed E-state index contributed by atoms with van der Waals surface area (Å²) in [5, 5.41) is 11.7. The molecule has 0 unspecified atom stereocenters. The second kappa shape index (κ2) is 5.92. The van der Waals surface area contributed by atoms with Crippen molar-refractivity contribution in [2.24, 2.45) is 16.8 Å². The van der Waals surface area contributed by atoms with E-state index in [0.29, 0.717) is 5.84 Å². The van der Waals surface area contributed by atoms with Crippen molar-refractivity contribution >= 4 is 5.84 Å². The van der Waals surface area contributed by atoms with Crippen LogP contribution in [0.4, 0.5) is 0 Å². The van der Waals surface area contributed by atoms with Crippen LogP contribution in [0.2, 0.25) is 0 Å². The van der Waals surface area contributed by atoms with Crippen molar-refractivity contribution < 1.29 is 5.21 Å². The molecule has 0 aromatic rings. The Bertz CT molecular complexity index is 209. The van der Waals surface area contributed by atoms with Gasteiger partial charge in [0.1, 0.15) is 5.84 Å². The number of nitrogens with two attached hydrogens (primary N) is 1. The van der Waals surface area contributed by atoms with Gasteiger partial charge in [-0.05, 0) is 40.0 Å². The molecule has 0 radical (unpaired) electrons. The first kappa shape index (κ1) is 12.3. The van der Waals surface area contributed by atoms with E-state index in [-0.39, 0.29) is 5.92 Å². The maximum atomic E-state index is 8.57. The van der Waals surface area contributed by atoms with Crippen molar-refractivity contribution in [1.29, 1.82) is 0 Å². The van der Waals surface area contributed by atoms with Gasteiger partial charge in [0.2, 0.25) is 0 Å². The highest BCUT2D eigenvalue weighted by Gasteiger charge is 2.21. The van der Waals surface area contributed by atoms with Crippen LogP contribution in [-0.2, 0) is 0 Å². The Labute approximate surface area is 91.5 Å². The van der Waals surface area contributed by atoms with Crippen molar-refractivity contribution in [3.05, 3.63) is 0 Å². The molecular formula is C10H22N4O. The molecule has 1 aliphatic rings. The number of likely N-dealkylation sites (tertiary alicyclic amines) is 1. The van der Waals surface area contributed by atoms with Gasteiger partial charge in [-0.1, -0.05) is 5.16 Å². The second-order valence-corrected chi connectivity index (χ2v) is 4.44. The molecule has 3 N–H and O–H groups in total. The lowest BCUT2D eigenvalue weighted by atomic mass is 9.96. The van der Waals surface area contributed by atoms with Gasteiger partial charge in [-0.25, -0.2) is 0 Å². The van der Waals surface area contributed by atoms with Crippen LogP contribution in [-0.4, -0.2) is 61.1 Å². The van der Waals surface area contributed by atoms with Crippen molar-refractivity contribution in [2.45, 2.75) is 12.8 Å². The molecule has 0 spiro atoms. The van der Waals surface area contributed by atoms with Gasteiger partial charge >= 0.3 is 0 Å². The zero-order chi connectivity index (χ0) is 11.3. The molecule has 0 amide bonds. The predicted octanol–water partition coefficient (Wildman–Crippen LogP) is 0.00640. The molecule has 1 rings (SSSR count). The minimum Gasteiger partial charge on any atom is -0.409 e. The van der Waals surface area contributed by atoms with E-state index in [0.717, 1.165) is 39.0 Å². The summed E-state index contributed by atoms with van der Waals surface area (Å²) in [7, 11) is 4.17. The van der Waals surface area contributed by atoms with Gasteiger partial charge in [-0.15, -0.1) is 0 Å². The van der Waals surface area contributed by atoms with E-state index < -0.39 is 0 Å². The molecule has 88 valence electrons. The van der Waals surface area contributed by atoms with Gasteiger partial charge in [0, 0.05) is 19.0 Å². The SMILES string of the molecule is CN(C)CCN1CCC(C(N)=NO)CC1. The van der Waals surface area contributed by atoms with Crippen molar-refractivity contribution in [3.63, 3.8) is 0 Å². The Balaban J connectivity index is 2.24. The van der Waals surface area contributed by atoms with Crippen LogP contribution in [0.5, 0.6) is 0 Å². The third-order valence-corrected chi connectivity index (χ3v) is 2.98. The molecule has 0 aromatic carbocycles. The fourth-order valence-electron chi connectivity index (χ4n) is 1.88. The molecule has 1 heterocycles. The Kier molecular flexibility index (Phi) is 4.84. The molecule has 5 nitrogen and oxygen atoms in total. The van der Waals surface area contributed by atoms with E-state index in [1.807, 2.05) is 0 Å². The molecule has 1 aliphatic heterocycles. The molecule has 0 bridgehead atoms. The first-order valence-electron chi connectivity index (χ1n) is 5.48. The van der Waals surface area contributed by atoms with Gasteiger partial charge < -0.3 is 20.7 Å². The first-order valence-corrected chi connectivity index (χ1v) is 5.48. The van der Waals surface area contributed by atoms with Crippen LogP contribution < -0.4 is 5.73 Å². The minimum atomic E-state index is 0.269. The zero-order valence-electron chi connectivity index (χ0n) is 9.69. The van der Waals surface area contributed by atoms with E-state index in [4.69, 9.17) is 10.9 Å². The third-order valence-electron chi connectivity index (χ3n) is 2.98. The number of oxime groups is 1. The quantitative estimate of drug-likeness (QED) is 0.299. The highest BCUT2D eigenvalue weighted by Crippen LogP contribution is 2.16. The summed E-state index contributed by atoms with van der Waals surface area (Å²) in [5.41, 5.74) is 5.59. The largest absolute Gasteiger partial charge is 0.409 e. The molecule has 5 heteroatoms. The number of likely N-dealkylation sites (N-methyl/N-ethyl adjacent to an activating group) is 1. The first-order chi connectivity index (χ1) is 7.13. The van der Waals surface area contributed by atoms with E-state index in [1.165, 1.54) is 0 Å². The van der Waals surface area contributed by atoms with Gasteiger partial charge in [-0.2, -0.15) is 0 Å². The average molecular weight is 214 g/mol. The maximum absolute atomic E-state index is 8.57. The number of amidine groups is 1. The Morgan fingerprint density at radius 2 is 2.07 bits per heavy atom. The Morgan fingerprint density at radius 3 is 2.53 bits per heavy atom. The normalized spacial score (nSPS) is 21.1. The molecule has 15 heavy (non-hydrogen) atoms. The lowest BCUT2D eigenvalue weighted by Crippen LogP contribution is -2.41. The number of hydrogen-bond donors (Lipinski definition) is 2. The van der Waals surface area contributed by atoms with Crippen molar-refractivity contribution in [3.8, 4) is 0 Å². The topological polar surface area (TPSA) is 65.1 Å². The van der Waals surface area contributed by atoms with Crippen molar-refractivity contribution in [2.75, 3.05) is 40.3 Å². The fraction of sp³-hybridized carbons (Fsp3) is 0.900. The van der Waals surface area contributed by atoms with Crippen LogP contribution in [0.3, 0.4) is 0 Å². The lowest BCUT2D eigenvalue weighted by Gasteiger charge is -2.31. The molecule has 0 aliphatic carbocycles. The molecule has 0 atom stereocenters. The summed E-state index contributed by atoms with van der Waals surface area (Å²) < 4.78 is 0. The second-order valence-electron chi connectivity index (χ2n) is 4.44. The third kappa shape index (κ3) is 4.05. The number of hydrogen-bond acceptors (Lipinski definition) is 4. The Hall–Kier alpha value is -0.810. The molecular weight excluding hydrogens is 192 g/mol. The number of nitrogens with zero attached hydrogens (tertiary/aromatic N) is 3.